The molecule has 0 aromatic rings. The summed E-state index contributed by atoms with van der Waals surface area (Å²) < 4.78 is 5.16. The van der Waals surface area contributed by atoms with Gasteiger partial charge in [0.1, 0.15) is 11.9 Å². The van der Waals surface area contributed by atoms with Crippen LogP contribution in [0.15, 0.2) is 0 Å². The molecule has 1 rings (SSSR count). The van der Waals surface area contributed by atoms with Crippen molar-refractivity contribution in [2.75, 3.05) is 20.1 Å². The zero-order valence-corrected chi connectivity index (χ0v) is 12.2. The van der Waals surface area contributed by atoms with Crippen molar-refractivity contribution in [1.29, 1.82) is 0 Å². The van der Waals surface area contributed by atoms with Gasteiger partial charge in [-0.3, -0.25) is 0 Å². The standard InChI is InChI=1S/C11H22N2O2.C2H4O/c1-11(2,3)15-10(14)12-8-9-6-5-7-13(9)4;1-2-3/h9H,5-8H2,1-4H3,(H,12,14);2H,1H3. The molecule has 1 N–H and O–H groups in total. The van der Waals surface area contributed by atoms with Crippen LogP contribution in [-0.2, 0) is 9.53 Å². The Hall–Kier alpha value is -1.10. The van der Waals surface area contributed by atoms with Gasteiger partial charge in [0, 0.05) is 12.6 Å². The Morgan fingerprint density at radius 2 is 2.06 bits per heavy atom. The lowest BCUT2D eigenvalue weighted by Crippen LogP contribution is -2.40. The Morgan fingerprint density at radius 1 is 1.50 bits per heavy atom. The van der Waals surface area contributed by atoms with Gasteiger partial charge in [-0.05, 0) is 54.1 Å². The van der Waals surface area contributed by atoms with Crippen molar-refractivity contribution >= 4 is 12.4 Å². The summed E-state index contributed by atoms with van der Waals surface area (Å²) >= 11 is 0. The van der Waals surface area contributed by atoms with E-state index in [9.17, 15) is 4.79 Å². The van der Waals surface area contributed by atoms with E-state index >= 15 is 0 Å². The fourth-order valence-corrected chi connectivity index (χ4v) is 1.75. The van der Waals surface area contributed by atoms with Crippen LogP contribution in [0, 0.1) is 0 Å². The second kappa shape index (κ2) is 8.08. The summed E-state index contributed by atoms with van der Waals surface area (Å²) in [5.74, 6) is 0. The Morgan fingerprint density at radius 3 is 2.44 bits per heavy atom. The topological polar surface area (TPSA) is 58.6 Å². The maximum absolute atomic E-state index is 11.4. The smallest absolute Gasteiger partial charge is 0.407 e. The summed E-state index contributed by atoms with van der Waals surface area (Å²) in [6.45, 7) is 8.86. The van der Waals surface area contributed by atoms with Crippen LogP contribution in [0.5, 0.6) is 0 Å². The van der Waals surface area contributed by atoms with Crippen molar-refractivity contribution in [3.63, 3.8) is 0 Å². The molecule has 0 spiro atoms. The summed E-state index contributed by atoms with van der Waals surface area (Å²) in [7, 11) is 2.09. The zero-order valence-electron chi connectivity index (χ0n) is 12.2. The number of nitrogens with zero attached hydrogens (tertiary/aromatic N) is 1. The SMILES string of the molecule is CC=O.CN1CCCC1CNC(=O)OC(C)(C)C. The molecule has 5 nitrogen and oxygen atoms in total. The monoisotopic (exact) mass is 258 g/mol. The van der Waals surface area contributed by atoms with E-state index < -0.39 is 5.60 Å². The predicted octanol–water partition coefficient (Wildman–Crippen LogP) is 1.81. The van der Waals surface area contributed by atoms with Crippen molar-refractivity contribution < 1.29 is 14.3 Å². The molecule has 1 atom stereocenters. The summed E-state index contributed by atoms with van der Waals surface area (Å²) in [5.41, 5.74) is -0.411. The maximum atomic E-state index is 11.4. The van der Waals surface area contributed by atoms with Gasteiger partial charge in [-0.25, -0.2) is 4.79 Å². The average molecular weight is 258 g/mol. The van der Waals surface area contributed by atoms with E-state index in [1.165, 1.54) is 13.3 Å². The lowest BCUT2D eigenvalue weighted by Gasteiger charge is -2.23. The first kappa shape index (κ1) is 16.9. The van der Waals surface area contributed by atoms with Gasteiger partial charge in [0.2, 0.25) is 0 Å². The van der Waals surface area contributed by atoms with Gasteiger partial charge >= 0.3 is 6.09 Å². The minimum Gasteiger partial charge on any atom is -0.444 e. The first-order valence-corrected chi connectivity index (χ1v) is 6.37. The molecule has 18 heavy (non-hydrogen) atoms. The second-order valence-corrected chi connectivity index (χ2v) is 5.40. The third-order valence-electron chi connectivity index (χ3n) is 2.55. The van der Waals surface area contributed by atoms with Gasteiger partial charge in [0.05, 0.1) is 0 Å². The van der Waals surface area contributed by atoms with Crippen LogP contribution in [0.25, 0.3) is 0 Å². The molecular formula is C13H26N2O3. The van der Waals surface area contributed by atoms with Crippen molar-refractivity contribution in [2.45, 2.75) is 52.2 Å². The number of hydrogen-bond acceptors (Lipinski definition) is 4. The summed E-state index contributed by atoms with van der Waals surface area (Å²) in [5, 5.41) is 2.81. The van der Waals surface area contributed by atoms with Crippen LogP contribution in [0.3, 0.4) is 0 Å². The number of likely N-dealkylation sites (tertiary alicyclic amines) is 1. The molecule has 1 aliphatic rings. The van der Waals surface area contributed by atoms with Crippen LogP contribution < -0.4 is 5.32 Å². The van der Waals surface area contributed by atoms with Crippen LogP contribution in [0.1, 0.15) is 40.5 Å². The largest absolute Gasteiger partial charge is 0.444 e. The van der Waals surface area contributed by atoms with Crippen LogP contribution >= 0.6 is 0 Å². The molecule has 0 bridgehead atoms. The van der Waals surface area contributed by atoms with E-state index in [4.69, 9.17) is 9.53 Å². The van der Waals surface area contributed by atoms with Gasteiger partial charge in [-0.15, -0.1) is 0 Å². The average Bonchev–Trinajstić information content (AvgIpc) is 2.59. The molecule has 0 aromatic heterocycles. The number of aldehydes is 1. The number of likely N-dealkylation sites (N-methyl/N-ethyl adjacent to an activating group) is 1. The van der Waals surface area contributed by atoms with E-state index in [-0.39, 0.29) is 6.09 Å². The molecule has 1 saturated heterocycles. The molecule has 106 valence electrons. The highest BCUT2D eigenvalue weighted by Crippen LogP contribution is 2.13. The van der Waals surface area contributed by atoms with E-state index in [1.807, 2.05) is 20.8 Å². The van der Waals surface area contributed by atoms with E-state index in [0.29, 0.717) is 12.6 Å². The molecule has 1 heterocycles. The molecule has 0 saturated carbocycles. The summed E-state index contributed by atoms with van der Waals surface area (Å²) in [6.07, 6.45) is 2.81. The Labute approximate surface area is 110 Å². The number of carbonyl (C=O) groups excluding carboxylic acids is 2. The van der Waals surface area contributed by atoms with Crippen LogP contribution in [-0.4, -0.2) is 49.1 Å². The number of nitrogens with one attached hydrogen (secondary N) is 1. The maximum Gasteiger partial charge on any atom is 0.407 e. The quantitative estimate of drug-likeness (QED) is 0.767. The lowest BCUT2D eigenvalue weighted by molar-refractivity contribution is -0.106. The summed E-state index contributed by atoms with van der Waals surface area (Å²) in [6, 6.07) is 0.470. The predicted molar refractivity (Wildman–Crippen MR) is 71.6 cm³/mol. The van der Waals surface area contributed by atoms with Crippen LogP contribution in [0.4, 0.5) is 4.79 Å². The van der Waals surface area contributed by atoms with E-state index in [0.717, 1.165) is 19.3 Å². The number of ether oxygens (including phenoxy) is 1. The first-order chi connectivity index (χ1) is 8.30. The highest BCUT2D eigenvalue weighted by Gasteiger charge is 2.22. The Kier molecular flexibility index (Phi) is 7.59. The number of hydrogen-bond donors (Lipinski definition) is 1. The number of alkyl carbamates (subject to hydrolysis) is 1. The molecule has 0 aliphatic carbocycles. The highest BCUT2D eigenvalue weighted by molar-refractivity contribution is 5.67. The summed E-state index contributed by atoms with van der Waals surface area (Å²) in [4.78, 5) is 22.5. The fourth-order valence-electron chi connectivity index (χ4n) is 1.75. The molecule has 1 aliphatic heterocycles. The lowest BCUT2D eigenvalue weighted by atomic mass is 10.2. The van der Waals surface area contributed by atoms with Crippen LogP contribution in [0.2, 0.25) is 0 Å². The third-order valence-corrected chi connectivity index (χ3v) is 2.55. The Balaban J connectivity index is 0.000000873. The third kappa shape index (κ3) is 8.06. The zero-order chi connectivity index (χ0) is 14.2. The molecule has 5 heteroatoms. The molecule has 1 amide bonds. The highest BCUT2D eigenvalue weighted by atomic mass is 16.6. The molecule has 0 aromatic carbocycles. The number of carbonyl (C=O) groups is 2. The van der Waals surface area contributed by atoms with Crippen molar-refractivity contribution in [2.24, 2.45) is 0 Å². The minimum absolute atomic E-state index is 0.317. The van der Waals surface area contributed by atoms with Crippen molar-refractivity contribution in [3.05, 3.63) is 0 Å². The van der Waals surface area contributed by atoms with Gasteiger partial charge in [0.15, 0.2) is 0 Å². The number of rotatable bonds is 2. The van der Waals surface area contributed by atoms with Gasteiger partial charge < -0.3 is 19.7 Å². The normalized spacial score (nSPS) is 19.7. The minimum atomic E-state index is -0.411. The first-order valence-electron chi connectivity index (χ1n) is 6.37. The number of amides is 1. The van der Waals surface area contributed by atoms with Gasteiger partial charge in [-0.1, -0.05) is 0 Å². The van der Waals surface area contributed by atoms with Gasteiger partial charge in [-0.2, -0.15) is 0 Å². The van der Waals surface area contributed by atoms with Crippen molar-refractivity contribution in [1.82, 2.24) is 10.2 Å². The van der Waals surface area contributed by atoms with E-state index in [2.05, 4.69) is 17.3 Å². The molecule has 1 fully saturated rings. The van der Waals surface area contributed by atoms with Crippen molar-refractivity contribution in [3.8, 4) is 0 Å². The van der Waals surface area contributed by atoms with E-state index in [1.54, 1.807) is 0 Å². The van der Waals surface area contributed by atoms with Gasteiger partial charge in [0.25, 0.3) is 0 Å². The fraction of sp³-hybridized carbons (Fsp3) is 0.846. The molecule has 0 radical (unpaired) electrons. The second-order valence-electron chi connectivity index (χ2n) is 5.40. The molecule has 1 unspecified atom stereocenters. The molecular weight excluding hydrogens is 232 g/mol. The Bertz CT molecular complexity index is 261.